The van der Waals surface area contributed by atoms with Crippen LogP contribution in [0.2, 0.25) is 5.02 Å². The van der Waals surface area contributed by atoms with Crippen LogP contribution in [0.15, 0.2) is 50.1 Å². The van der Waals surface area contributed by atoms with Gasteiger partial charge in [-0.2, -0.15) is 0 Å². The number of thioether (sulfide) groups is 1. The van der Waals surface area contributed by atoms with Gasteiger partial charge in [-0.3, -0.25) is 10.1 Å². The summed E-state index contributed by atoms with van der Waals surface area (Å²) in [6, 6.07) is 9.55. The molecule has 0 bridgehead atoms. The molecule has 4 rings (SSSR count). The van der Waals surface area contributed by atoms with Crippen LogP contribution in [0.1, 0.15) is 11.5 Å². The monoisotopic (exact) mass is 448 g/mol. The van der Waals surface area contributed by atoms with Crippen molar-refractivity contribution >= 4 is 57.2 Å². The molecule has 12 heteroatoms. The van der Waals surface area contributed by atoms with E-state index in [9.17, 15) is 9.59 Å². The molecule has 3 aromatic heterocycles. The number of hydrogen-bond acceptors (Lipinski definition) is 8. The molecule has 148 valence electrons. The summed E-state index contributed by atoms with van der Waals surface area (Å²) in [6.45, 7) is 1.75. The topological polar surface area (TPSA) is 114 Å². The summed E-state index contributed by atoms with van der Waals surface area (Å²) >= 11 is 8.59. The maximum atomic E-state index is 12.1. The van der Waals surface area contributed by atoms with Crippen molar-refractivity contribution in [2.75, 3.05) is 10.6 Å². The van der Waals surface area contributed by atoms with Gasteiger partial charge < -0.3 is 9.84 Å². The van der Waals surface area contributed by atoms with Crippen LogP contribution in [0.25, 0.3) is 5.65 Å². The number of urea groups is 1. The highest BCUT2D eigenvalue weighted by atomic mass is 35.5. The van der Waals surface area contributed by atoms with Crippen LogP contribution in [0.5, 0.6) is 0 Å². The van der Waals surface area contributed by atoms with Gasteiger partial charge in [0.25, 0.3) is 5.56 Å². The van der Waals surface area contributed by atoms with E-state index < -0.39 is 6.03 Å². The molecule has 0 aliphatic rings. The average molecular weight is 449 g/mol. The second-order valence-electron chi connectivity index (χ2n) is 5.81. The molecule has 0 aliphatic carbocycles. The number of aromatic nitrogens is 4. The van der Waals surface area contributed by atoms with Crippen molar-refractivity contribution in [3.8, 4) is 0 Å². The van der Waals surface area contributed by atoms with Crippen LogP contribution in [0, 0.1) is 6.92 Å². The molecule has 0 unspecified atom stereocenters. The van der Waals surface area contributed by atoms with Crippen molar-refractivity contribution in [3.05, 3.63) is 63.2 Å². The molecule has 2 N–H and O–H groups in total. The van der Waals surface area contributed by atoms with E-state index in [1.165, 1.54) is 29.2 Å². The number of carbonyl (C=O) groups excluding carboxylic acids is 1. The molecular weight excluding hydrogens is 436 g/mol. The highest BCUT2D eigenvalue weighted by Gasteiger charge is 2.12. The number of para-hydroxylation sites is 1. The smallest absolute Gasteiger partial charge is 0.325 e. The van der Waals surface area contributed by atoms with E-state index in [0.29, 0.717) is 43.0 Å². The zero-order valence-corrected chi connectivity index (χ0v) is 17.3. The van der Waals surface area contributed by atoms with E-state index in [4.69, 9.17) is 16.1 Å². The van der Waals surface area contributed by atoms with E-state index in [0.717, 1.165) is 4.57 Å². The quantitative estimate of drug-likeness (QED) is 0.349. The number of benzene rings is 1. The Morgan fingerprint density at radius 1 is 1.28 bits per heavy atom. The van der Waals surface area contributed by atoms with Gasteiger partial charge >= 0.3 is 6.03 Å². The lowest BCUT2D eigenvalue weighted by atomic mass is 10.3. The molecule has 0 atom stereocenters. The number of amides is 2. The molecule has 2 amide bonds. The molecular formula is C17H13ClN6O3S2. The van der Waals surface area contributed by atoms with Gasteiger partial charge in [-0.15, -0.1) is 14.8 Å². The Morgan fingerprint density at radius 3 is 2.93 bits per heavy atom. The van der Waals surface area contributed by atoms with Gasteiger partial charge in [0.15, 0.2) is 9.99 Å². The Balaban J connectivity index is 1.37. The number of carbonyl (C=O) groups is 1. The van der Waals surface area contributed by atoms with E-state index in [1.807, 2.05) is 0 Å². The van der Waals surface area contributed by atoms with E-state index >= 15 is 0 Å². The molecule has 0 radical (unpaired) electrons. The number of hydrogen-bond donors (Lipinski definition) is 2. The van der Waals surface area contributed by atoms with Crippen molar-refractivity contribution in [2.24, 2.45) is 0 Å². The molecule has 0 aliphatic heterocycles. The zero-order chi connectivity index (χ0) is 20.4. The molecule has 0 saturated carbocycles. The number of halogens is 1. The van der Waals surface area contributed by atoms with Crippen molar-refractivity contribution < 1.29 is 9.32 Å². The Bertz CT molecular complexity index is 1250. The number of nitrogens with zero attached hydrogens (tertiary/aromatic N) is 4. The normalized spacial score (nSPS) is 11.0. The lowest BCUT2D eigenvalue weighted by Gasteiger charge is -2.06. The highest BCUT2D eigenvalue weighted by Crippen LogP contribution is 2.28. The maximum Gasteiger partial charge on any atom is 0.325 e. The SMILES string of the molecule is Cc1cc2nc(CSc3nnc(NC(=O)Nc4ccccc4Cl)s3)cc(=O)n2o1. The summed E-state index contributed by atoms with van der Waals surface area (Å²) in [4.78, 5) is 28.5. The predicted octanol–water partition coefficient (Wildman–Crippen LogP) is 4.04. The van der Waals surface area contributed by atoms with Crippen molar-refractivity contribution in [1.29, 1.82) is 0 Å². The summed E-state index contributed by atoms with van der Waals surface area (Å²) in [5, 5.41) is 14.0. The van der Waals surface area contributed by atoms with Gasteiger partial charge in [0.05, 0.1) is 16.4 Å². The number of rotatable bonds is 5. The van der Waals surface area contributed by atoms with Crippen LogP contribution in [0.4, 0.5) is 15.6 Å². The van der Waals surface area contributed by atoms with Gasteiger partial charge in [-0.25, -0.2) is 9.78 Å². The Labute approximate surface area is 177 Å². The second kappa shape index (κ2) is 8.23. The molecule has 0 saturated heterocycles. The number of anilines is 2. The Morgan fingerprint density at radius 2 is 2.10 bits per heavy atom. The highest BCUT2D eigenvalue weighted by molar-refractivity contribution is 8.00. The van der Waals surface area contributed by atoms with Gasteiger partial charge in [-0.1, -0.05) is 46.8 Å². The largest absolute Gasteiger partial charge is 0.375 e. The zero-order valence-electron chi connectivity index (χ0n) is 14.9. The van der Waals surface area contributed by atoms with Crippen LogP contribution in [-0.4, -0.2) is 25.8 Å². The first-order valence-electron chi connectivity index (χ1n) is 8.26. The third-order valence-electron chi connectivity index (χ3n) is 3.62. The first-order chi connectivity index (χ1) is 14.0. The van der Waals surface area contributed by atoms with Crippen LogP contribution in [-0.2, 0) is 5.75 Å². The molecule has 0 spiro atoms. The summed E-state index contributed by atoms with van der Waals surface area (Å²) in [5.41, 5.74) is 1.27. The lowest BCUT2D eigenvalue weighted by Crippen LogP contribution is -2.19. The molecule has 9 nitrogen and oxygen atoms in total. The second-order valence-corrected chi connectivity index (χ2v) is 8.41. The van der Waals surface area contributed by atoms with E-state index in [1.54, 1.807) is 37.3 Å². The van der Waals surface area contributed by atoms with Gasteiger partial charge in [-0.05, 0) is 19.1 Å². The van der Waals surface area contributed by atoms with Crippen LogP contribution in [0.3, 0.4) is 0 Å². The van der Waals surface area contributed by atoms with Gasteiger partial charge in [0, 0.05) is 17.9 Å². The first kappa shape index (κ1) is 19.4. The molecule has 4 aromatic rings. The summed E-state index contributed by atoms with van der Waals surface area (Å²) in [6.07, 6.45) is 0. The molecule has 1 aromatic carbocycles. The minimum Gasteiger partial charge on any atom is -0.375 e. The Hall–Kier alpha value is -2.89. The van der Waals surface area contributed by atoms with E-state index in [-0.39, 0.29) is 5.56 Å². The van der Waals surface area contributed by atoms with Crippen LogP contribution < -0.4 is 16.2 Å². The molecule has 29 heavy (non-hydrogen) atoms. The number of nitrogens with one attached hydrogen (secondary N) is 2. The fraction of sp³-hybridized carbons (Fsp3) is 0.118. The van der Waals surface area contributed by atoms with E-state index in [2.05, 4.69) is 25.8 Å². The fourth-order valence-electron chi connectivity index (χ4n) is 2.42. The van der Waals surface area contributed by atoms with Crippen molar-refractivity contribution in [3.63, 3.8) is 0 Å². The third-order valence-corrected chi connectivity index (χ3v) is 5.95. The maximum absolute atomic E-state index is 12.1. The molecule has 3 heterocycles. The van der Waals surface area contributed by atoms with Crippen LogP contribution >= 0.6 is 34.7 Å². The minimum absolute atomic E-state index is 0.283. The Kier molecular flexibility index (Phi) is 5.51. The summed E-state index contributed by atoms with van der Waals surface area (Å²) in [7, 11) is 0. The van der Waals surface area contributed by atoms with Gasteiger partial charge in [0.1, 0.15) is 5.76 Å². The number of aryl methyl sites for hydroxylation is 1. The first-order valence-corrected chi connectivity index (χ1v) is 10.4. The summed E-state index contributed by atoms with van der Waals surface area (Å²) in [5.74, 6) is 1.03. The minimum atomic E-state index is -0.471. The third kappa shape index (κ3) is 4.58. The summed E-state index contributed by atoms with van der Waals surface area (Å²) < 4.78 is 7.04. The average Bonchev–Trinajstić information content (AvgIpc) is 3.28. The predicted molar refractivity (Wildman–Crippen MR) is 112 cm³/mol. The fourth-order valence-corrected chi connectivity index (χ4v) is 4.24. The van der Waals surface area contributed by atoms with Crippen molar-refractivity contribution in [1.82, 2.24) is 19.8 Å². The lowest BCUT2D eigenvalue weighted by molar-refractivity contribution is 0.262. The van der Waals surface area contributed by atoms with Gasteiger partial charge in [0.2, 0.25) is 5.13 Å². The molecule has 0 fully saturated rings. The standard InChI is InChI=1S/C17H13ClN6O3S2/c1-9-6-13-19-10(7-14(25)24(13)27-9)8-28-17-23-22-16(29-17)21-15(26)20-12-5-3-2-4-11(12)18/h2-7H,8H2,1H3,(H2,20,21,22,26). The van der Waals surface area contributed by atoms with Crippen molar-refractivity contribution in [2.45, 2.75) is 17.0 Å². The number of fused-ring (bicyclic) bond motifs is 1.